The zero-order chi connectivity index (χ0) is 16.4. The Morgan fingerprint density at radius 1 is 1.35 bits per heavy atom. The van der Waals surface area contributed by atoms with Crippen molar-refractivity contribution in [1.29, 1.82) is 0 Å². The summed E-state index contributed by atoms with van der Waals surface area (Å²) in [6.45, 7) is 7.44. The van der Waals surface area contributed by atoms with Gasteiger partial charge in [0.1, 0.15) is 11.6 Å². The molecule has 4 nitrogen and oxygen atoms in total. The van der Waals surface area contributed by atoms with Crippen LogP contribution in [0.5, 0.6) is 0 Å². The number of nitrogens with one attached hydrogen (secondary N) is 1. The average molecular weight is 330 g/mol. The molecule has 1 aliphatic heterocycles. The molecule has 0 bridgehead atoms. The lowest BCUT2D eigenvalue weighted by Crippen LogP contribution is -3.11. The van der Waals surface area contributed by atoms with Crippen LogP contribution in [0.15, 0.2) is 24.3 Å². The number of carbonyl (C=O) groups excluding carboxylic acids is 1. The molecule has 1 aliphatic rings. The van der Waals surface area contributed by atoms with Gasteiger partial charge in [-0.15, -0.1) is 11.3 Å². The molecule has 1 fully saturated rings. The first kappa shape index (κ1) is 16.1. The standard InChI is InChI=1S/C18H22N2O2S/c1-12-7-9-20(10-8-12)11-14-5-3-4-6-15(14)17-19-13(2)16(23-17)18(21)22/h3-6,12H,7-11H2,1-2H3,(H,21,22). The van der Waals surface area contributed by atoms with Crippen molar-refractivity contribution in [2.75, 3.05) is 13.1 Å². The number of aromatic nitrogens is 1. The van der Waals surface area contributed by atoms with Crippen LogP contribution in [0.1, 0.15) is 40.7 Å². The molecule has 122 valence electrons. The third-order valence-corrected chi connectivity index (χ3v) is 5.82. The van der Waals surface area contributed by atoms with E-state index in [9.17, 15) is 9.90 Å². The van der Waals surface area contributed by atoms with Gasteiger partial charge in [-0.25, -0.2) is 4.98 Å². The molecule has 3 rings (SSSR count). The molecule has 2 heterocycles. The maximum atomic E-state index is 11.2. The van der Waals surface area contributed by atoms with E-state index in [4.69, 9.17) is 0 Å². The molecule has 1 saturated heterocycles. The number of piperidine rings is 1. The van der Waals surface area contributed by atoms with Crippen LogP contribution in [0.3, 0.4) is 0 Å². The number of carboxylic acid groups (broad SMARTS) is 1. The van der Waals surface area contributed by atoms with Crippen molar-refractivity contribution < 1.29 is 14.8 Å². The van der Waals surface area contributed by atoms with Crippen LogP contribution < -0.4 is 10.0 Å². The third kappa shape index (κ3) is 3.62. The Kier molecular flexibility index (Phi) is 4.78. The summed E-state index contributed by atoms with van der Waals surface area (Å²) in [6, 6.07) is 8.21. The number of nitrogens with zero attached hydrogens (tertiary/aromatic N) is 1. The Bertz CT molecular complexity index is 703. The summed E-state index contributed by atoms with van der Waals surface area (Å²) in [7, 11) is 0. The van der Waals surface area contributed by atoms with Gasteiger partial charge in [-0.2, -0.15) is 0 Å². The number of quaternary nitrogens is 1. The predicted molar refractivity (Wildman–Crippen MR) is 89.4 cm³/mol. The number of aromatic carboxylic acids is 1. The molecular formula is C18H22N2O2S. The van der Waals surface area contributed by atoms with E-state index in [0.29, 0.717) is 5.69 Å². The van der Waals surface area contributed by atoms with Crippen LogP contribution in [-0.2, 0) is 6.54 Å². The van der Waals surface area contributed by atoms with Crippen molar-refractivity contribution in [2.45, 2.75) is 33.2 Å². The van der Waals surface area contributed by atoms with Gasteiger partial charge in [0, 0.05) is 11.1 Å². The Balaban J connectivity index is 1.86. The number of thiazole rings is 1. The van der Waals surface area contributed by atoms with Crippen LogP contribution in [0.25, 0.3) is 10.6 Å². The fourth-order valence-corrected chi connectivity index (χ4v) is 4.16. The molecule has 1 aromatic heterocycles. The number of benzene rings is 1. The summed E-state index contributed by atoms with van der Waals surface area (Å²) in [4.78, 5) is 17.4. The molecule has 0 radical (unpaired) electrons. The first-order chi connectivity index (χ1) is 11.0. The SMILES string of the molecule is Cc1nc(-c2ccccc2C[NH+]2CCC(C)CC2)sc1C(=O)[O-]. The van der Waals surface area contributed by atoms with E-state index >= 15 is 0 Å². The normalized spacial score (nSPS) is 21.3. The summed E-state index contributed by atoms with van der Waals surface area (Å²) in [6.07, 6.45) is 2.56. The van der Waals surface area contributed by atoms with Crippen molar-refractivity contribution in [1.82, 2.24) is 4.98 Å². The monoisotopic (exact) mass is 330 g/mol. The molecule has 0 spiro atoms. The predicted octanol–water partition coefficient (Wildman–Crippen LogP) is 1.30. The van der Waals surface area contributed by atoms with Crippen molar-refractivity contribution in [3.63, 3.8) is 0 Å². The van der Waals surface area contributed by atoms with E-state index in [0.717, 1.165) is 23.0 Å². The molecule has 23 heavy (non-hydrogen) atoms. The van der Waals surface area contributed by atoms with Crippen molar-refractivity contribution >= 4 is 17.3 Å². The van der Waals surface area contributed by atoms with Gasteiger partial charge in [0.15, 0.2) is 0 Å². The smallest absolute Gasteiger partial charge is 0.124 e. The number of carboxylic acids is 1. The number of hydrogen-bond acceptors (Lipinski definition) is 4. The van der Waals surface area contributed by atoms with Gasteiger partial charge in [-0.1, -0.05) is 31.2 Å². The van der Waals surface area contributed by atoms with Crippen LogP contribution >= 0.6 is 11.3 Å². The van der Waals surface area contributed by atoms with Gasteiger partial charge in [0.05, 0.1) is 29.6 Å². The van der Waals surface area contributed by atoms with E-state index in [1.165, 1.54) is 42.8 Å². The first-order valence-electron chi connectivity index (χ1n) is 8.15. The highest BCUT2D eigenvalue weighted by atomic mass is 32.1. The van der Waals surface area contributed by atoms with Crippen LogP contribution in [0.4, 0.5) is 0 Å². The van der Waals surface area contributed by atoms with E-state index < -0.39 is 5.97 Å². The van der Waals surface area contributed by atoms with E-state index in [1.54, 1.807) is 11.8 Å². The van der Waals surface area contributed by atoms with E-state index in [-0.39, 0.29) is 4.88 Å². The maximum Gasteiger partial charge on any atom is 0.124 e. The average Bonchev–Trinajstić information content (AvgIpc) is 2.92. The second-order valence-corrected chi connectivity index (χ2v) is 7.49. The first-order valence-corrected chi connectivity index (χ1v) is 8.97. The summed E-state index contributed by atoms with van der Waals surface area (Å²) in [5.41, 5.74) is 2.84. The van der Waals surface area contributed by atoms with E-state index in [1.807, 2.05) is 18.2 Å². The Morgan fingerprint density at radius 3 is 2.70 bits per heavy atom. The molecule has 2 aromatic rings. The fourth-order valence-electron chi connectivity index (χ4n) is 3.20. The van der Waals surface area contributed by atoms with Crippen LogP contribution in [-0.4, -0.2) is 24.0 Å². The number of hydrogen-bond donors (Lipinski definition) is 1. The number of likely N-dealkylation sites (tertiary alicyclic amines) is 1. The molecule has 0 saturated carbocycles. The van der Waals surface area contributed by atoms with Gasteiger partial charge in [0.25, 0.3) is 0 Å². The maximum absolute atomic E-state index is 11.2. The summed E-state index contributed by atoms with van der Waals surface area (Å²) >= 11 is 1.21. The minimum Gasteiger partial charge on any atom is -0.544 e. The van der Waals surface area contributed by atoms with Gasteiger partial charge in [0.2, 0.25) is 0 Å². The third-order valence-electron chi connectivity index (χ3n) is 4.65. The lowest BCUT2D eigenvalue weighted by molar-refractivity contribution is -0.919. The number of rotatable bonds is 4. The number of carbonyl (C=O) groups is 1. The largest absolute Gasteiger partial charge is 0.544 e. The fraction of sp³-hybridized carbons (Fsp3) is 0.444. The summed E-state index contributed by atoms with van der Waals surface area (Å²) < 4.78 is 0. The zero-order valence-electron chi connectivity index (χ0n) is 13.6. The molecule has 5 heteroatoms. The quantitative estimate of drug-likeness (QED) is 0.919. The second kappa shape index (κ2) is 6.81. The Labute approximate surface area is 140 Å². The highest BCUT2D eigenvalue weighted by Gasteiger charge is 2.21. The molecule has 1 aromatic carbocycles. The topological polar surface area (TPSA) is 57.5 Å². The highest BCUT2D eigenvalue weighted by molar-refractivity contribution is 7.17. The molecule has 0 amide bonds. The Hall–Kier alpha value is -1.72. The van der Waals surface area contributed by atoms with Gasteiger partial charge in [-0.05, 0) is 25.7 Å². The molecule has 1 N–H and O–H groups in total. The van der Waals surface area contributed by atoms with Crippen molar-refractivity contribution in [3.05, 3.63) is 40.4 Å². The zero-order valence-corrected chi connectivity index (χ0v) is 14.4. The molecule has 0 unspecified atom stereocenters. The minimum atomic E-state index is -1.14. The summed E-state index contributed by atoms with van der Waals surface area (Å²) in [5.74, 6) is -0.305. The van der Waals surface area contributed by atoms with E-state index in [2.05, 4.69) is 18.0 Å². The molecule has 0 aliphatic carbocycles. The molecule has 0 atom stereocenters. The highest BCUT2D eigenvalue weighted by Crippen LogP contribution is 2.30. The van der Waals surface area contributed by atoms with Crippen LogP contribution in [0.2, 0.25) is 0 Å². The van der Waals surface area contributed by atoms with Gasteiger partial charge < -0.3 is 14.8 Å². The van der Waals surface area contributed by atoms with Crippen molar-refractivity contribution in [3.8, 4) is 10.6 Å². The lowest BCUT2D eigenvalue weighted by atomic mass is 9.98. The Morgan fingerprint density at radius 2 is 2.04 bits per heavy atom. The van der Waals surface area contributed by atoms with Crippen molar-refractivity contribution in [2.24, 2.45) is 5.92 Å². The van der Waals surface area contributed by atoms with Crippen LogP contribution in [0, 0.1) is 12.8 Å². The molecular weight excluding hydrogens is 308 g/mol. The number of aryl methyl sites for hydroxylation is 1. The summed E-state index contributed by atoms with van der Waals surface area (Å²) in [5, 5.41) is 11.9. The second-order valence-electron chi connectivity index (χ2n) is 6.49. The van der Waals surface area contributed by atoms with Gasteiger partial charge >= 0.3 is 0 Å². The van der Waals surface area contributed by atoms with Gasteiger partial charge in [-0.3, -0.25) is 0 Å². The minimum absolute atomic E-state index is 0.231. The lowest BCUT2D eigenvalue weighted by Gasteiger charge is -2.27.